The van der Waals surface area contributed by atoms with Crippen LogP contribution >= 0.6 is 15.9 Å². The fourth-order valence-electron chi connectivity index (χ4n) is 2.30. The van der Waals surface area contributed by atoms with Crippen molar-refractivity contribution in [2.75, 3.05) is 5.73 Å². The van der Waals surface area contributed by atoms with Gasteiger partial charge in [0.25, 0.3) is 0 Å². The van der Waals surface area contributed by atoms with Crippen LogP contribution in [0, 0.1) is 5.82 Å². The van der Waals surface area contributed by atoms with Gasteiger partial charge in [0.2, 0.25) is 0 Å². The highest BCUT2D eigenvalue weighted by atomic mass is 79.9. The average Bonchev–Trinajstić information content (AvgIpc) is 2.87. The van der Waals surface area contributed by atoms with E-state index in [9.17, 15) is 4.39 Å². The number of rotatable bonds is 1. The Morgan fingerprint density at radius 2 is 2.18 bits per heavy atom. The van der Waals surface area contributed by atoms with E-state index in [1.54, 1.807) is 10.7 Å². The van der Waals surface area contributed by atoms with Gasteiger partial charge >= 0.3 is 0 Å². The molecule has 1 heterocycles. The molecule has 2 N–H and O–H groups in total. The molecular weight excluding hydrogens is 285 g/mol. The van der Waals surface area contributed by atoms with Gasteiger partial charge in [0.1, 0.15) is 11.6 Å². The van der Waals surface area contributed by atoms with Gasteiger partial charge in [0, 0.05) is 17.3 Å². The third-order valence-electron chi connectivity index (χ3n) is 3.11. The molecule has 1 aromatic heterocycles. The standard InChI is InChI=1S/C12H11BrFN3/c13-9-5-4-7(6-10(9)14)17-11-3-1-2-8(11)12(15)16-17/h4-6H,1-3H2,(H2,15,16). The molecule has 1 aromatic carbocycles. The van der Waals surface area contributed by atoms with Crippen molar-refractivity contribution in [3.05, 3.63) is 39.7 Å². The summed E-state index contributed by atoms with van der Waals surface area (Å²) in [5.74, 6) is 0.282. The van der Waals surface area contributed by atoms with Crippen molar-refractivity contribution in [1.29, 1.82) is 0 Å². The molecule has 0 spiro atoms. The van der Waals surface area contributed by atoms with Crippen LogP contribution < -0.4 is 5.73 Å². The summed E-state index contributed by atoms with van der Waals surface area (Å²) in [6.45, 7) is 0. The number of halogens is 2. The highest BCUT2D eigenvalue weighted by molar-refractivity contribution is 9.10. The SMILES string of the molecule is Nc1nn(-c2ccc(Br)c(F)c2)c2c1CCC2. The molecule has 0 fully saturated rings. The smallest absolute Gasteiger partial charge is 0.149 e. The fraction of sp³-hybridized carbons (Fsp3) is 0.250. The molecule has 0 aliphatic heterocycles. The van der Waals surface area contributed by atoms with Crippen LogP contribution in [0.1, 0.15) is 17.7 Å². The van der Waals surface area contributed by atoms with Crippen LogP contribution in [-0.2, 0) is 12.8 Å². The topological polar surface area (TPSA) is 43.8 Å². The van der Waals surface area contributed by atoms with Crippen LogP contribution in [0.25, 0.3) is 5.69 Å². The maximum atomic E-state index is 13.5. The van der Waals surface area contributed by atoms with Crippen LogP contribution in [-0.4, -0.2) is 9.78 Å². The van der Waals surface area contributed by atoms with Gasteiger partial charge in [-0.1, -0.05) is 0 Å². The Morgan fingerprint density at radius 1 is 1.35 bits per heavy atom. The van der Waals surface area contributed by atoms with Gasteiger partial charge in [-0.25, -0.2) is 9.07 Å². The van der Waals surface area contributed by atoms with E-state index in [4.69, 9.17) is 5.73 Å². The molecule has 2 aromatic rings. The Kier molecular flexibility index (Phi) is 2.43. The van der Waals surface area contributed by atoms with Crippen LogP contribution in [0.5, 0.6) is 0 Å². The minimum absolute atomic E-state index is 0.289. The van der Waals surface area contributed by atoms with E-state index in [0.717, 1.165) is 36.2 Å². The quantitative estimate of drug-likeness (QED) is 0.879. The second-order valence-electron chi connectivity index (χ2n) is 4.17. The molecule has 5 heteroatoms. The van der Waals surface area contributed by atoms with Crippen molar-refractivity contribution in [2.45, 2.75) is 19.3 Å². The molecule has 17 heavy (non-hydrogen) atoms. The van der Waals surface area contributed by atoms with E-state index in [-0.39, 0.29) is 5.82 Å². The molecule has 0 bridgehead atoms. The highest BCUT2D eigenvalue weighted by Crippen LogP contribution is 2.29. The summed E-state index contributed by atoms with van der Waals surface area (Å²) >= 11 is 3.14. The predicted octanol–water partition coefficient (Wildman–Crippen LogP) is 2.84. The summed E-state index contributed by atoms with van der Waals surface area (Å²) in [6, 6.07) is 4.98. The van der Waals surface area contributed by atoms with Crippen molar-refractivity contribution in [3.63, 3.8) is 0 Å². The Labute approximate surface area is 107 Å². The van der Waals surface area contributed by atoms with Gasteiger partial charge in [0.05, 0.1) is 10.2 Å². The van der Waals surface area contributed by atoms with Gasteiger partial charge < -0.3 is 5.73 Å². The summed E-state index contributed by atoms with van der Waals surface area (Å²) in [4.78, 5) is 0. The predicted molar refractivity (Wildman–Crippen MR) is 67.7 cm³/mol. The van der Waals surface area contributed by atoms with Crippen LogP contribution in [0.4, 0.5) is 10.2 Å². The number of aromatic nitrogens is 2. The first-order chi connectivity index (χ1) is 8.16. The second kappa shape index (κ2) is 3.84. The van der Waals surface area contributed by atoms with Crippen molar-refractivity contribution in [1.82, 2.24) is 9.78 Å². The van der Waals surface area contributed by atoms with Crippen molar-refractivity contribution < 1.29 is 4.39 Å². The number of hydrogen-bond acceptors (Lipinski definition) is 2. The van der Waals surface area contributed by atoms with Crippen molar-refractivity contribution in [2.24, 2.45) is 0 Å². The maximum Gasteiger partial charge on any atom is 0.149 e. The van der Waals surface area contributed by atoms with Crippen LogP contribution in [0.3, 0.4) is 0 Å². The van der Waals surface area contributed by atoms with Gasteiger partial charge in [0.15, 0.2) is 0 Å². The number of anilines is 1. The van der Waals surface area contributed by atoms with Gasteiger partial charge in [-0.2, -0.15) is 5.10 Å². The van der Waals surface area contributed by atoms with E-state index in [2.05, 4.69) is 21.0 Å². The lowest BCUT2D eigenvalue weighted by molar-refractivity contribution is 0.618. The van der Waals surface area contributed by atoms with E-state index in [1.165, 1.54) is 6.07 Å². The zero-order chi connectivity index (χ0) is 12.0. The van der Waals surface area contributed by atoms with Gasteiger partial charge in [-0.05, 0) is 47.3 Å². The summed E-state index contributed by atoms with van der Waals surface area (Å²) in [5, 5.41) is 4.29. The summed E-state index contributed by atoms with van der Waals surface area (Å²) in [7, 11) is 0. The van der Waals surface area contributed by atoms with E-state index in [0.29, 0.717) is 10.3 Å². The second-order valence-corrected chi connectivity index (χ2v) is 5.03. The first kappa shape index (κ1) is 10.8. The van der Waals surface area contributed by atoms with Gasteiger partial charge in [-0.15, -0.1) is 0 Å². The Morgan fingerprint density at radius 3 is 2.94 bits per heavy atom. The fourth-order valence-corrected chi connectivity index (χ4v) is 2.54. The van der Waals surface area contributed by atoms with Crippen LogP contribution in [0.15, 0.2) is 22.7 Å². The zero-order valence-electron chi connectivity index (χ0n) is 9.08. The third kappa shape index (κ3) is 1.65. The lowest BCUT2D eigenvalue weighted by Crippen LogP contribution is -2.02. The Hall–Kier alpha value is -1.36. The molecule has 0 unspecified atom stereocenters. The molecule has 1 aliphatic rings. The zero-order valence-corrected chi connectivity index (χ0v) is 10.7. The normalized spacial score (nSPS) is 14.0. The molecule has 3 rings (SSSR count). The van der Waals surface area contributed by atoms with Crippen molar-refractivity contribution >= 4 is 21.7 Å². The number of nitrogen functional groups attached to an aromatic ring is 1. The molecule has 3 nitrogen and oxygen atoms in total. The number of hydrogen-bond donors (Lipinski definition) is 1. The molecular formula is C12H11BrFN3. The lowest BCUT2D eigenvalue weighted by atomic mass is 10.2. The molecule has 88 valence electrons. The average molecular weight is 296 g/mol. The largest absolute Gasteiger partial charge is 0.382 e. The van der Waals surface area contributed by atoms with Crippen molar-refractivity contribution in [3.8, 4) is 5.69 Å². The van der Waals surface area contributed by atoms with Crippen LogP contribution in [0.2, 0.25) is 0 Å². The minimum Gasteiger partial charge on any atom is -0.382 e. The summed E-state index contributed by atoms with van der Waals surface area (Å²) in [6.07, 6.45) is 3.02. The summed E-state index contributed by atoms with van der Waals surface area (Å²) in [5.41, 5.74) is 8.82. The first-order valence-electron chi connectivity index (χ1n) is 5.48. The highest BCUT2D eigenvalue weighted by Gasteiger charge is 2.21. The summed E-state index contributed by atoms with van der Waals surface area (Å²) < 4.78 is 15.7. The monoisotopic (exact) mass is 295 g/mol. The number of nitrogens with zero attached hydrogens (tertiary/aromatic N) is 2. The number of nitrogens with two attached hydrogens (primary N) is 1. The molecule has 0 atom stereocenters. The third-order valence-corrected chi connectivity index (χ3v) is 3.75. The molecule has 1 aliphatic carbocycles. The van der Waals surface area contributed by atoms with E-state index in [1.807, 2.05) is 6.07 Å². The number of benzene rings is 1. The Bertz CT molecular complexity index is 592. The first-order valence-corrected chi connectivity index (χ1v) is 6.28. The molecule has 0 saturated carbocycles. The van der Waals surface area contributed by atoms with E-state index < -0.39 is 0 Å². The molecule has 0 saturated heterocycles. The minimum atomic E-state index is -0.289. The molecule has 0 radical (unpaired) electrons. The van der Waals surface area contributed by atoms with Gasteiger partial charge in [-0.3, -0.25) is 0 Å². The lowest BCUT2D eigenvalue weighted by Gasteiger charge is -2.06. The number of fused-ring (bicyclic) bond motifs is 1. The van der Waals surface area contributed by atoms with E-state index >= 15 is 0 Å². The Balaban J connectivity index is 2.15. The maximum absolute atomic E-state index is 13.5. The molecule has 0 amide bonds.